The Morgan fingerprint density at radius 1 is 1.77 bits per heavy atom. The average Bonchev–Trinajstić information content (AvgIpc) is 2.90. The van der Waals surface area contributed by atoms with Crippen molar-refractivity contribution in [2.24, 2.45) is 5.92 Å². The second-order valence-corrected chi connectivity index (χ2v) is 4.11. The van der Waals surface area contributed by atoms with Crippen molar-refractivity contribution in [3.8, 4) is 0 Å². The minimum atomic E-state index is -0.132. The van der Waals surface area contributed by atoms with Gasteiger partial charge in [0, 0.05) is 13.0 Å². The SMILES string of the molecule is CC1=CCC(C2(CO)CN2)CC1=O. The Labute approximate surface area is 77.8 Å². The van der Waals surface area contributed by atoms with Gasteiger partial charge in [0.15, 0.2) is 5.78 Å². The van der Waals surface area contributed by atoms with Crippen LogP contribution >= 0.6 is 0 Å². The van der Waals surface area contributed by atoms with Gasteiger partial charge in [0.1, 0.15) is 0 Å². The molecule has 1 fully saturated rings. The molecule has 0 spiro atoms. The molecule has 0 radical (unpaired) electrons. The van der Waals surface area contributed by atoms with E-state index in [4.69, 9.17) is 5.11 Å². The van der Waals surface area contributed by atoms with E-state index in [0.717, 1.165) is 18.5 Å². The summed E-state index contributed by atoms with van der Waals surface area (Å²) < 4.78 is 0. The monoisotopic (exact) mass is 181 g/mol. The summed E-state index contributed by atoms with van der Waals surface area (Å²) in [6.07, 6.45) is 3.51. The average molecular weight is 181 g/mol. The largest absolute Gasteiger partial charge is 0.394 e. The first kappa shape index (κ1) is 8.91. The zero-order chi connectivity index (χ0) is 9.47. The van der Waals surface area contributed by atoms with E-state index in [1.54, 1.807) is 0 Å². The lowest BCUT2D eigenvalue weighted by molar-refractivity contribution is -0.117. The summed E-state index contributed by atoms with van der Waals surface area (Å²) in [5.74, 6) is 0.534. The summed E-state index contributed by atoms with van der Waals surface area (Å²) in [7, 11) is 0. The maximum atomic E-state index is 11.4. The molecular weight excluding hydrogens is 166 g/mol. The summed E-state index contributed by atoms with van der Waals surface area (Å²) >= 11 is 0. The Balaban J connectivity index is 2.09. The van der Waals surface area contributed by atoms with Crippen molar-refractivity contribution in [2.45, 2.75) is 25.3 Å². The fourth-order valence-corrected chi connectivity index (χ4v) is 1.97. The zero-order valence-electron chi connectivity index (χ0n) is 7.84. The first-order valence-corrected chi connectivity index (χ1v) is 4.74. The van der Waals surface area contributed by atoms with E-state index in [-0.39, 0.29) is 17.9 Å². The van der Waals surface area contributed by atoms with Gasteiger partial charge in [-0.05, 0) is 24.8 Å². The van der Waals surface area contributed by atoms with E-state index >= 15 is 0 Å². The smallest absolute Gasteiger partial charge is 0.158 e. The number of nitrogens with one attached hydrogen (secondary N) is 1. The molecular formula is C10H15NO2. The first-order valence-electron chi connectivity index (χ1n) is 4.74. The van der Waals surface area contributed by atoms with Crippen LogP contribution in [0.2, 0.25) is 0 Å². The molecule has 1 saturated heterocycles. The predicted octanol–water partition coefficient (Wildman–Crippen LogP) is 0.246. The number of aliphatic hydroxyl groups is 1. The lowest BCUT2D eigenvalue weighted by Crippen LogP contribution is -2.35. The van der Waals surface area contributed by atoms with Crippen molar-refractivity contribution < 1.29 is 9.90 Å². The van der Waals surface area contributed by atoms with Crippen LogP contribution in [0.15, 0.2) is 11.6 Å². The number of carbonyl (C=O) groups is 1. The van der Waals surface area contributed by atoms with Gasteiger partial charge in [-0.3, -0.25) is 4.79 Å². The van der Waals surface area contributed by atoms with E-state index in [1.807, 2.05) is 13.0 Å². The Bertz CT molecular complexity index is 266. The van der Waals surface area contributed by atoms with Crippen LogP contribution in [0.3, 0.4) is 0 Å². The van der Waals surface area contributed by atoms with E-state index in [1.165, 1.54) is 0 Å². The van der Waals surface area contributed by atoms with Crippen LogP contribution in [0.1, 0.15) is 19.8 Å². The van der Waals surface area contributed by atoms with Gasteiger partial charge in [-0.15, -0.1) is 0 Å². The number of allylic oxidation sites excluding steroid dienone is 2. The van der Waals surface area contributed by atoms with Gasteiger partial charge >= 0.3 is 0 Å². The highest BCUT2D eigenvalue weighted by atomic mass is 16.3. The van der Waals surface area contributed by atoms with Gasteiger partial charge in [-0.25, -0.2) is 0 Å². The normalized spacial score (nSPS) is 38.8. The lowest BCUT2D eigenvalue weighted by Gasteiger charge is -2.25. The van der Waals surface area contributed by atoms with Crippen LogP contribution in [0.5, 0.6) is 0 Å². The highest BCUT2D eigenvalue weighted by Gasteiger charge is 2.49. The van der Waals surface area contributed by atoms with Crippen LogP contribution in [-0.4, -0.2) is 29.6 Å². The molecule has 0 saturated carbocycles. The fraction of sp³-hybridized carbons (Fsp3) is 0.700. The quantitative estimate of drug-likeness (QED) is 0.600. The Morgan fingerprint density at radius 3 is 2.92 bits per heavy atom. The highest BCUT2D eigenvalue weighted by molar-refractivity contribution is 5.95. The Kier molecular flexibility index (Phi) is 2.00. The Morgan fingerprint density at radius 2 is 2.46 bits per heavy atom. The number of ketones is 1. The lowest BCUT2D eigenvalue weighted by atomic mass is 9.80. The van der Waals surface area contributed by atoms with Crippen LogP contribution in [0.25, 0.3) is 0 Å². The van der Waals surface area contributed by atoms with Crippen molar-refractivity contribution >= 4 is 5.78 Å². The van der Waals surface area contributed by atoms with Gasteiger partial charge in [0.05, 0.1) is 12.1 Å². The van der Waals surface area contributed by atoms with Crippen molar-refractivity contribution in [3.63, 3.8) is 0 Å². The van der Waals surface area contributed by atoms with Crippen LogP contribution in [0, 0.1) is 5.92 Å². The van der Waals surface area contributed by atoms with E-state index in [0.29, 0.717) is 12.3 Å². The maximum Gasteiger partial charge on any atom is 0.158 e. The molecule has 0 aromatic heterocycles. The van der Waals surface area contributed by atoms with Gasteiger partial charge in [-0.2, -0.15) is 0 Å². The molecule has 2 unspecified atom stereocenters. The molecule has 1 aliphatic carbocycles. The van der Waals surface area contributed by atoms with Crippen LogP contribution < -0.4 is 5.32 Å². The zero-order valence-corrected chi connectivity index (χ0v) is 7.84. The molecule has 3 heteroatoms. The van der Waals surface area contributed by atoms with Gasteiger partial charge in [-0.1, -0.05) is 6.08 Å². The number of hydrogen-bond acceptors (Lipinski definition) is 3. The second-order valence-electron chi connectivity index (χ2n) is 4.11. The molecule has 0 amide bonds. The van der Waals surface area contributed by atoms with Crippen molar-refractivity contribution in [1.82, 2.24) is 5.32 Å². The number of carbonyl (C=O) groups excluding carboxylic acids is 1. The third-order valence-corrected chi connectivity index (χ3v) is 3.27. The van der Waals surface area contributed by atoms with Gasteiger partial charge in [0.25, 0.3) is 0 Å². The summed E-state index contributed by atoms with van der Waals surface area (Å²) in [6, 6.07) is 0. The molecule has 0 aromatic rings. The number of rotatable bonds is 2. The number of hydrogen-bond donors (Lipinski definition) is 2. The standard InChI is InChI=1S/C10H15NO2/c1-7-2-3-8(4-9(7)13)10(6-12)5-11-10/h2,8,11-12H,3-6H2,1H3. The summed E-state index contributed by atoms with van der Waals surface area (Å²) in [6.45, 7) is 2.87. The first-order chi connectivity index (χ1) is 6.18. The van der Waals surface area contributed by atoms with Crippen molar-refractivity contribution in [2.75, 3.05) is 13.2 Å². The second kappa shape index (κ2) is 2.93. The number of aliphatic hydroxyl groups excluding tert-OH is 1. The molecule has 72 valence electrons. The molecule has 0 aromatic carbocycles. The molecule has 13 heavy (non-hydrogen) atoms. The predicted molar refractivity (Wildman–Crippen MR) is 49.3 cm³/mol. The molecule has 1 heterocycles. The third-order valence-electron chi connectivity index (χ3n) is 3.27. The molecule has 3 nitrogen and oxygen atoms in total. The summed E-state index contributed by atoms with van der Waals surface area (Å²) in [5.41, 5.74) is 0.748. The third kappa shape index (κ3) is 1.42. The highest BCUT2D eigenvalue weighted by Crippen LogP contribution is 2.35. The maximum absolute atomic E-state index is 11.4. The molecule has 1 aliphatic heterocycles. The number of Topliss-reactive ketones (excluding diaryl/α,β-unsaturated/α-hetero) is 1. The van der Waals surface area contributed by atoms with E-state index < -0.39 is 0 Å². The fourth-order valence-electron chi connectivity index (χ4n) is 1.97. The van der Waals surface area contributed by atoms with E-state index in [2.05, 4.69) is 5.32 Å². The molecule has 2 N–H and O–H groups in total. The minimum Gasteiger partial charge on any atom is -0.394 e. The van der Waals surface area contributed by atoms with Crippen molar-refractivity contribution in [1.29, 1.82) is 0 Å². The van der Waals surface area contributed by atoms with Gasteiger partial charge in [0.2, 0.25) is 0 Å². The molecule has 0 bridgehead atoms. The topological polar surface area (TPSA) is 59.2 Å². The summed E-state index contributed by atoms with van der Waals surface area (Å²) in [4.78, 5) is 11.4. The van der Waals surface area contributed by atoms with E-state index in [9.17, 15) is 4.79 Å². The van der Waals surface area contributed by atoms with Crippen molar-refractivity contribution in [3.05, 3.63) is 11.6 Å². The molecule has 2 atom stereocenters. The Hall–Kier alpha value is -0.670. The van der Waals surface area contributed by atoms with Crippen LogP contribution in [-0.2, 0) is 4.79 Å². The summed E-state index contributed by atoms with van der Waals surface area (Å²) in [5, 5.41) is 12.3. The van der Waals surface area contributed by atoms with Gasteiger partial charge < -0.3 is 10.4 Å². The molecule has 2 rings (SSSR count). The van der Waals surface area contributed by atoms with Crippen LogP contribution in [0.4, 0.5) is 0 Å². The molecule has 2 aliphatic rings. The minimum absolute atomic E-state index is 0.132.